The van der Waals surface area contributed by atoms with Gasteiger partial charge in [-0.05, 0) is 25.0 Å². The van der Waals surface area contributed by atoms with Crippen molar-refractivity contribution < 1.29 is 9.15 Å². The Bertz CT molecular complexity index is 520. The molecule has 2 aromatic rings. The van der Waals surface area contributed by atoms with E-state index in [1.165, 1.54) is 0 Å². The highest BCUT2D eigenvalue weighted by molar-refractivity contribution is 7.99. The summed E-state index contributed by atoms with van der Waals surface area (Å²) < 4.78 is 11.2. The fraction of sp³-hybridized carbons (Fsp3) is 0.417. The van der Waals surface area contributed by atoms with E-state index in [1.54, 1.807) is 11.8 Å². The SMILES string of the molecule is Nc1cccc2oc(SCC3CCCO3)nc12. The highest BCUT2D eigenvalue weighted by Crippen LogP contribution is 2.28. The van der Waals surface area contributed by atoms with E-state index in [9.17, 15) is 0 Å². The summed E-state index contributed by atoms with van der Waals surface area (Å²) >= 11 is 1.59. The van der Waals surface area contributed by atoms with Gasteiger partial charge in [0.05, 0.1) is 11.8 Å². The van der Waals surface area contributed by atoms with Crippen LogP contribution >= 0.6 is 11.8 Å². The highest BCUT2D eigenvalue weighted by Gasteiger charge is 2.17. The van der Waals surface area contributed by atoms with Crippen LogP contribution in [0, 0.1) is 0 Å². The third-order valence-corrected chi connectivity index (χ3v) is 3.81. The summed E-state index contributed by atoms with van der Waals surface area (Å²) in [5.41, 5.74) is 8.00. The Hall–Kier alpha value is -1.20. The first kappa shape index (κ1) is 10.9. The molecule has 1 atom stereocenters. The molecule has 0 aliphatic carbocycles. The Morgan fingerprint density at radius 3 is 3.18 bits per heavy atom. The van der Waals surface area contributed by atoms with Gasteiger partial charge in [0, 0.05) is 12.4 Å². The van der Waals surface area contributed by atoms with Crippen LogP contribution in [0.25, 0.3) is 11.1 Å². The van der Waals surface area contributed by atoms with Gasteiger partial charge in [-0.25, -0.2) is 4.98 Å². The maximum Gasteiger partial charge on any atom is 0.256 e. The van der Waals surface area contributed by atoms with Crippen molar-refractivity contribution in [3.8, 4) is 0 Å². The van der Waals surface area contributed by atoms with Gasteiger partial charge in [-0.2, -0.15) is 0 Å². The molecule has 17 heavy (non-hydrogen) atoms. The van der Waals surface area contributed by atoms with Crippen molar-refractivity contribution >= 4 is 28.5 Å². The molecule has 0 bridgehead atoms. The molecule has 1 aliphatic heterocycles. The van der Waals surface area contributed by atoms with Crippen LogP contribution in [0.1, 0.15) is 12.8 Å². The summed E-state index contributed by atoms with van der Waals surface area (Å²) in [5.74, 6) is 0.896. The molecule has 1 aromatic carbocycles. The van der Waals surface area contributed by atoms with Crippen LogP contribution in [0.5, 0.6) is 0 Å². The van der Waals surface area contributed by atoms with Crippen LogP contribution in [-0.2, 0) is 4.74 Å². The van der Waals surface area contributed by atoms with E-state index < -0.39 is 0 Å². The van der Waals surface area contributed by atoms with E-state index in [0.717, 1.165) is 36.3 Å². The van der Waals surface area contributed by atoms with Gasteiger partial charge < -0.3 is 14.9 Å². The lowest BCUT2D eigenvalue weighted by Gasteiger charge is -2.05. The number of fused-ring (bicyclic) bond motifs is 1. The van der Waals surface area contributed by atoms with Gasteiger partial charge in [0.15, 0.2) is 5.58 Å². The van der Waals surface area contributed by atoms with Crippen molar-refractivity contribution in [1.29, 1.82) is 0 Å². The molecular formula is C12H14N2O2S. The second kappa shape index (κ2) is 4.58. The molecule has 3 rings (SSSR count). The molecule has 0 spiro atoms. The third kappa shape index (κ3) is 2.25. The van der Waals surface area contributed by atoms with Crippen LogP contribution in [0.2, 0.25) is 0 Å². The number of thioether (sulfide) groups is 1. The van der Waals surface area contributed by atoms with Crippen LogP contribution in [0.15, 0.2) is 27.8 Å². The summed E-state index contributed by atoms with van der Waals surface area (Å²) in [4.78, 5) is 4.39. The lowest BCUT2D eigenvalue weighted by Crippen LogP contribution is -2.07. The maximum absolute atomic E-state index is 5.83. The van der Waals surface area contributed by atoms with E-state index in [-0.39, 0.29) is 0 Å². The Balaban J connectivity index is 1.74. The number of hydrogen-bond donors (Lipinski definition) is 1. The van der Waals surface area contributed by atoms with Gasteiger partial charge in [0.1, 0.15) is 5.52 Å². The zero-order chi connectivity index (χ0) is 11.7. The van der Waals surface area contributed by atoms with E-state index in [1.807, 2.05) is 18.2 Å². The number of nitrogens with two attached hydrogens (primary N) is 1. The fourth-order valence-corrected chi connectivity index (χ4v) is 2.85. The van der Waals surface area contributed by atoms with Gasteiger partial charge in [0.25, 0.3) is 5.22 Å². The van der Waals surface area contributed by atoms with Crippen molar-refractivity contribution in [2.45, 2.75) is 24.2 Å². The molecule has 1 unspecified atom stereocenters. The molecule has 1 aliphatic rings. The lowest BCUT2D eigenvalue weighted by atomic mass is 10.3. The van der Waals surface area contributed by atoms with Crippen molar-refractivity contribution in [2.24, 2.45) is 0 Å². The molecule has 1 fully saturated rings. The third-order valence-electron chi connectivity index (χ3n) is 2.85. The number of benzene rings is 1. The van der Waals surface area contributed by atoms with Gasteiger partial charge in [-0.15, -0.1) is 0 Å². The number of nitrogen functional groups attached to an aromatic ring is 1. The average molecular weight is 250 g/mol. The number of aromatic nitrogens is 1. The highest BCUT2D eigenvalue weighted by atomic mass is 32.2. The average Bonchev–Trinajstić information content (AvgIpc) is 2.95. The molecular weight excluding hydrogens is 236 g/mol. The minimum atomic E-state index is 0.340. The van der Waals surface area contributed by atoms with Crippen molar-refractivity contribution in [3.05, 3.63) is 18.2 Å². The Kier molecular flexibility index (Phi) is 2.94. The van der Waals surface area contributed by atoms with Gasteiger partial charge in [0.2, 0.25) is 0 Å². The predicted molar refractivity (Wildman–Crippen MR) is 68.1 cm³/mol. The molecule has 2 heterocycles. The lowest BCUT2D eigenvalue weighted by molar-refractivity contribution is 0.128. The first-order chi connectivity index (χ1) is 8.33. The molecule has 90 valence electrons. The Morgan fingerprint density at radius 2 is 2.41 bits per heavy atom. The number of hydrogen-bond acceptors (Lipinski definition) is 5. The standard InChI is InChI=1S/C12H14N2O2S/c13-9-4-1-5-10-11(9)14-12(16-10)17-7-8-3-2-6-15-8/h1,4-5,8H,2-3,6-7,13H2. The van der Waals surface area contributed by atoms with Crippen LogP contribution in [-0.4, -0.2) is 23.4 Å². The predicted octanol–water partition coefficient (Wildman–Crippen LogP) is 2.68. The first-order valence-electron chi connectivity index (χ1n) is 5.72. The summed E-state index contributed by atoms with van der Waals surface area (Å²) in [6.07, 6.45) is 2.63. The number of rotatable bonds is 3. The smallest absolute Gasteiger partial charge is 0.256 e. The van der Waals surface area contributed by atoms with E-state index in [4.69, 9.17) is 14.9 Å². The number of para-hydroxylation sites is 1. The molecule has 0 radical (unpaired) electrons. The topological polar surface area (TPSA) is 61.3 Å². The van der Waals surface area contributed by atoms with Crippen molar-refractivity contribution in [3.63, 3.8) is 0 Å². The van der Waals surface area contributed by atoms with Crippen molar-refractivity contribution in [2.75, 3.05) is 18.1 Å². The monoisotopic (exact) mass is 250 g/mol. The maximum atomic E-state index is 5.83. The van der Waals surface area contributed by atoms with Gasteiger partial charge in [-0.3, -0.25) is 0 Å². The zero-order valence-corrected chi connectivity index (χ0v) is 10.2. The zero-order valence-electron chi connectivity index (χ0n) is 9.39. The molecule has 4 nitrogen and oxygen atoms in total. The number of oxazole rings is 1. The minimum Gasteiger partial charge on any atom is -0.431 e. The quantitative estimate of drug-likeness (QED) is 0.670. The number of nitrogens with zero attached hydrogens (tertiary/aromatic N) is 1. The second-order valence-corrected chi connectivity index (χ2v) is 5.09. The van der Waals surface area contributed by atoms with Gasteiger partial charge in [-0.1, -0.05) is 17.8 Å². The largest absolute Gasteiger partial charge is 0.431 e. The molecule has 2 N–H and O–H groups in total. The summed E-state index contributed by atoms with van der Waals surface area (Å²) in [5, 5.41) is 0.674. The molecule has 1 aromatic heterocycles. The molecule has 0 saturated carbocycles. The Morgan fingerprint density at radius 1 is 1.47 bits per heavy atom. The van der Waals surface area contributed by atoms with Crippen LogP contribution < -0.4 is 5.73 Å². The number of anilines is 1. The minimum absolute atomic E-state index is 0.340. The molecule has 1 saturated heterocycles. The molecule has 5 heteroatoms. The van der Waals surface area contributed by atoms with E-state index >= 15 is 0 Å². The van der Waals surface area contributed by atoms with Gasteiger partial charge >= 0.3 is 0 Å². The summed E-state index contributed by atoms with van der Waals surface area (Å²) in [6, 6.07) is 5.59. The normalized spacial score (nSPS) is 20.1. The molecule has 0 amide bonds. The first-order valence-corrected chi connectivity index (χ1v) is 6.71. The fourth-order valence-electron chi connectivity index (χ4n) is 1.95. The Labute approximate surface area is 104 Å². The number of ether oxygens (including phenoxy) is 1. The van der Waals surface area contributed by atoms with Crippen LogP contribution in [0.3, 0.4) is 0 Å². The van der Waals surface area contributed by atoms with E-state index in [0.29, 0.717) is 17.0 Å². The second-order valence-electron chi connectivity index (χ2n) is 4.12. The van der Waals surface area contributed by atoms with E-state index in [2.05, 4.69) is 4.98 Å². The summed E-state index contributed by atoms with van der Waals surface area (Å²) in [7, 11) is 0. The van der Waals surface area contributed by atoms with Crippen molar-refractivity contribution in [1.82, 2.24) is 4.98 Å². The summed E-state index contributed by atoms with van der Waals surface area (Å²) in [6.45, 7) is 0.881. The van der Waals surface area contributed by atoms with Crippen LogP contribution in [0.4, 0.5) is 5.69 Å².